The lowest BCUT2D eigenvalue weighted by Crippen LogP contribution is -2.06. The van der Waals surface area contributed by atoms with E-state index in [1.165, 1.54) is 12.1 Å². The van der Waals surface area contributed by atoms with E-state index in [0.717, 1.165) is 6.07 Å². The van der Waals surface area contributed by atoms with E-state index >= 15 is 0 Å². The highest BCUT2D eigenvalue weighted by atomic mass is 19.1. The average molecular weight is 276 g/mol. The van der Waals surface area contributed by atoms with Crippen molar-refractivity contribution in [3.05, 3.63) is 59.4 Å². The molecule has 0 bridgehead atoms. The predicted octanol–water partition coefficient (Wildman–Crippen LogP) is 3.11. The van der Waals surface area contributed by atoms with Crippen molar-refractivity contribution in [3.63, 3.8) is 0 Å². The molecule has 0 aliphatic carbocycles. The number of ether oxygens (including phenoxy) is 2. The summed E-state index contributed by atoms with van der Waals surface area (Å²) in [5, 5.41) is 9.02. The Hall–Kier alpha value is -2.56. The molecular formula is C15H13FO4. The summed E-state index contributed by atoms with van der Waals surface area (Å²) in [6.45, 7) is 0.0498. The van der Waals surface area contributed by atoms with E-state index in [0.29, 0.717) is 17.1 Å². The summed E-state index contributed by atoms with van der Waals surface area (Å²) < 4.78 is 23.5. The number of hydrogen-bond donors (Lipinski definition) is 1. The normalized spacial score (nSPS) is 10.1. The number of hydrogen-bond acceptors (Lipinski definition) is 3. The molecule has 5 heteroatoms. The maximum Gasteiger partial charge on any atom is 0.336 e. The number of carboxylic acid groups (broad SMARTS) is 1. The molecule has 0 saturated carbocycles. The first-order valence-electron chi connectivity index (χ1n) is 5.88. The standard InChI is InChI=1S/C15H13FO4/c1-19-12-4-6-13(7-5-12)20-9-10-2-3-11(16)8-14(10)15(17)18/h2-8H,9H2,1H3,(H,17,18). The van der Waals surface area contributed by atoms with Gasteiger partial charge in [-0.2, -0.15) is 0 Å². The van der Waals surface area contributed by atoms with Crippen LogP contribution in [0.1, 0.15) is 15.9 Å². The maximum absolute atomic E-state index is 13.0. The molecule has 0 heterocycles. The third-order valence-corrected chi connectivity index (χ3v) is 2.76. The summed E-state index contributed by atoms with van der Waals surface area (Å²) >= 11 is 0. The lowest BCUT2D eigenvalue weighted by Gasteiger charge is -2.09. The fourth-order valence-corrected chi connectivity index (χ4v) is 1.71. The number of benzene rings is 2. The van der Waals surface area contributed by atoms with Crippen molar-refractivity contribution in [2.75, 3.05) is 7.11 Å². The van der Waals surface area contributed by atoms with Crippen LogP contribution >= 0.6 is 0 Å². The topological polar surface area (TPSA) is 55.8 Å². The summed E-state index contributed by atoms with van der Waals surface area (Å²) in [6, 6.07) is 10.5. The minimum atomic E-state index is -1.18. The Morgan fingerprint density at radius 3 is 2.40 bits per heavy atom. The second-order valence-corrected chi connectivity index (χ2v) is 4.07. The van der Waals surface area contributed by atoms with Crippen molar-refractivity contribution in [1.29, 1.82) is 0 Å². The van der Waals surface area contributed by atoms with Gasteiger partial charge in [-0.3, -0.25) is 0 Å². The zero-order chi connectivity index (χ0) is 14.5. The number of halogens is 1. The second-order valence-electron chi connectivity index (χ2n) is 4.07. The lowest BCUT2D eigenvalue weighted by molar-refractivity contribution is 0.0693. The monoisotopic (exact) mass is 276 g/mol. The Morgan fingerprint density at radius 2 is 1.80 bits per heavy atom. The van der Waals surface area contributed by atoms with Crippen LogP contribution in [-0.4, -0.2) is 18.2 Å². The van der Waals surface area contributed by atoms with Crippen LogP contribution in [0.4, 0.5) is 4.39 Å². The van der Waals surface area contributed by atoms with Gasteiger partial charge in [-0.25, -0.2) is 9.18 Å². The van der Waals surface area contributed by atoms with Crippen LogP contribution in [0.15, 0.2) is 42.5 Å². The van der Waals surface area contributed by atoms with Crippen molar-refractivity contribution in [2.45, 2.75) is 6.61 Å². The molecule has 0 aliphatic heterocycles. The molecule has 0 aliphatic rings. The van der Waals surface area contributed by atoms with Crippen LogP contribution in [0, 0.1) is 5.82 Å². The van der Waals surface area contributed by atoms with E-state index < -0.39 is 11.8 Å². The van der Waals surface area contributed by atoms with Crippen molar-refractivity contribution in [1.82, 2.24) is 0 Å². The minimum Gasteiger partial charge on any atom is -0.497 e. The molecule has 2 aromatic rings. The maximum atomic E-state index is 13.0. The van der Waals surface area contributed by atoms with Gasteiger partial charge >= 0.3 is 5.97 Å². The van der Waals surface area contributed by atoms with Gasteiger partial charge in [0, 0.05) is 5.56 Å². The number of methoxy groups -OCH3 is 1. The lowest BCUT2D eigenvalue weighted by atomic mass is 10.1. The van der Waals surface area contributed by atoms with E-state index in [1.807, 2.05) is 0 Å². The largest absolute Gasteiger partial charge is 0.497 e. The Morgan fingerprint density at radius 1 is 1.15 bits per heavy atom. The average Bonchev–Trinajstić information content (AvgIpc) is 2.46. The molecule has 4 nitrogen and oxygen atoms in total. The summed E-state index contributed by atoms with van der Waals surface area (Å²) in [5.41, 5.74) is 0.313. The van der Waals surface area contributed by atoms with Gasteiger partial charge in [0.15, 0.2) is 0 Å². The van der Waals surface area contributed by atoms with Gasteiger partial charge < -0.3 is 14.6 Å². The van der Waals surface area contributed by atoms with Crippen molar-refractivity contribution < 1.29 is 23.8 Å². The third kappa shape index (κ3) is 3.26. The first-order chi connectivity index (χ1) is 9.60. The second kappa shape index (κ2) is 6.06. The van der Waals surface area contributed by atoms with Crippen LogP contribution in [0.2, 0.25) is 0 Å². The number of rotatable bonds is 5. The van der Waals surface area contributed by atoms with Gasteiger partial charge in [-0.15, -0.1) is 0 Å². The minimum absolute atomic E-state index is 0.0498. The summed E-state index contributed by atoms with van der Waals surface area (Å²) in [4.78, 5) is 11.0. The van der Waals surface area contributed by atoms with Crippen LogP contribution in [0.5, 0.6) is 11.5 Å². The molecule has 0 saturated heterocycles. The zero-order valence-electron chi connectivity index (χ0n) is 10.8. The van der Waals surface area contributed by atoms with E-state index in [9.17, 15) is 9.18 Å². The van der Waals surface area contributed by atoms with E-state index in [-0.39, 0.29) is 12.2 Å². The van der Waals surface area contributed by atoms with Crippen molar-refractivity contribution in [3.8, 4) is 11.5 Å². The van der Waals surface area contributed by atoms with Gasteiger partial charge in [0.25, 0.3) is 0 Å². The summed E-state index contributed by atoms with van der Waals surface area (Å²) in [5.74, 6) is -0.495. The molecule has 0 atom stereocenters. The SMILES string of the molecule is COc1ccc(OCc2ccc(F)cc2C(=O)O)cc1. The zero-order valence-corrected chi connectivity index (χ0v) is 10.8. The highest BCUT2D eigenvalue weighted by Gasteiger charge is 2.11. The van der Waals surface area contributed by atoms with Crippen LogP contribution in [-0.2, 0) is 6.61 Å². The van der Waals surface area contributed by atoms with Crippen molar-refractivity contribution in [2.24, 2.45) is 0 Å². The van der Waals surface area contributed by atoms with Gasteiger partial charge in [-0.05, 0) is 36.4 Å². The number of carboxylic acids is 1. The molecule has 2 aromatic carbocycles. The molecule has 20 heavy (non-hydrogen) atoms. The summed E-state index contributed by atoms with van der Waals surface area (Å²) in [6.07, 6.45) is 0. The Kier molecular flexibility index (Phi) is 4.20. The predicted molar refractivity (Wildman–Crippen MR) is 70.7 cm³/mol. The number of aromatic carboxylic acids is 1. The molecule has 1 N–H and O–H groups in total. The van der Waals surface area contributed by atoms with E-state index in [2.05, 4.69) is 0 Å². The first kappa shape index (κ1) is 13.9. The molecule has 0 unspecified atom stereocenters. The smallest absolute Gasteiger partial charge is 0.336 e. The third-order valence-electron chi connectivity index (χ3n) is 2.76. The van der Waals surface area contributed by atoms with E-state index in [1.54, 1.807) is 31.4 Å². The Bertz CT molecular complexity index is 608. The van der Waals surface area contributed by atoms with Gasteiger partial charge in [0.05, 0.1) is 12.7 Å². The molecule has 0 radical (unpaired) electrons. The summed E-state index contributed by atoms with van der Waals surface area (Å²) in [7, 11) is 1.56. The van der Waals surface area contributed by atoms with Crippen molar-refractivity contribution >= 4 is 5.97 Å². The molecule has 0 spiro atoms. The molecule has 0 amide bonds. The molecular weight excluding hydrogens is 263 g/mol. The first-order valence-corrected chi connectivity index (χ1v) is 5.88. The van der Waals surface area contributed by atoms with Crippen LogP contribution in [0.25, 0.3) is 0 Å². The van der Waals surface area contributed by atoms with Crippen LogP contribution in [0.3, 0.4) is 0 Å². The Balaban J connectivity index is 2.12. The quantitative estimate of drug-likeness (QED) is 0.911. The molecule has 2 rings (SSSR count). The molecule has 0 aromatic heterocycles. The van der Waals surface area contributed by atoms with Crippen LogP contribution < -0.4 is 9.47 Å². The van der Waals surface area contributed by atoms with E-state index in [4.69, 9.17) is 14.6 Å². The molecule has 0 fully saturated rings. The van der Waals surface area contributed by atoms with Gasteiger partial charge in [0.2, 0.25) is 0 Å². The highest BCUT2D eigenvalue weighted by Crippen LogP contribution is 2.19. The fraction of sp³-hybridized carbons (Fsp3) is 0.133. The fourth-order valence-electron chi connectivity index (χ4n) is 1.71. The van der Waals surface area contributed by atoms with Gasteiger partial charge in [-0.1, -0.05) is 6.07 Å². The van der Waals surface area contributed by atoms with Gasteiger partial charge in [0.1, 0.15) is 23.9 Å². The number of carbonyl (C=O) groups is 1. The highest BCUT2D eigenvalue weighted by molar-refractivity contribution is 5.89. The Labute approximate surface area is 115 Å². The molecule has 104 valence electrons.